The normalized spacial score (nSPS) is 11.5. The summed E-state index contributed by atoms with van der Waals surface area (Å²) in [4.78, 5) is 12.7. The van der Waals surface area contributed by atoms with Crippen LogP contribution in [-0.4, -0.2) is 24.1 Å². The van der Waals surface area contributed by atoms with Crippen molar-refractivity contribution in [2.45, 2.75) is 32.7 Å². The molecular formula is C15H21BrN4S. The first-order valence-electron chi connectivity index (χ1n) is 6.81. The maximum Gasteiger partial charge on any atom is 0.138 e. The van der Waals surface area contributed by atoms with Gasteiger partial charge in [0, 0.05) is 40.3 Å². The van der Waals surface area contributed by atoms with Crippen LogP contribution in [0.25, 0.3) is 0 Å². The third-order valence-electron chi connectivity index (χ3n) is 3.05. The second kappa shape index (κ2) is 6.32. The molecule has 21 heavy (non-hydrogen) atoms. The largest absolute Gasteiger partial charge is 0.373 e. The zero-order chi connectivity index (χ0) is 15.6. The highest BCUT2D eigenvalue weighted by molar-refractivity contribution is 9.10. The topological polar surface area (TPSA) is 41.0 Å². The first kappa shape index (κ1) is 16.2. The van der Waals surface area contributed by atoms with E-state index in [-0.39, 0.29) is 5.41 Å². The molecule has 0 unspecified atom stereocenters. The number of halogens is 1. The van der Waals surface area contributed by atoms with Crippen LogP contribution < -0.4 is 10.2 Å². The maximum absolute atomic E-state index is 4.72. The van der Waals surface area contributed by atoms with Crippen LogP contribution in [0.5, 0.6) is 0 Å². The van der Waals surface area contributed by atoms with Gasteiger partial charge in [-0.2, -0.15) is 0 Å². The van der Waals surface area contributed by atoms with E-state index < -0.39 is 0 Å². The number of aromatic nitrogens is 2. The van der Waals surface area contributed by atoms with Crippen molar-refractivity contribution in [1.29, 1.82) is 0 Å². The van der Waals surface area contributed by atoms with E-state index in [1.165, 1.54) is 4.88 Å². The molecule has 0 amide bonds. The highest BCUT2D eigenvalue weighted by atomic mass is 79.9. The molecule has 0 aromatic carbocycles. The maximum atomic E-state index is 4.72. The number of anilines is 2. The van der Waals surface area contributed by atoms with E-state index >= 15 is 0 Å². The molecule has 0 bridgehead atoms. The number of thiophene rings is 1. The van der Waals surface area contributed by atoms with Crippen LogP contribution in [0.2, 0.25) is 0 Å². The predicted molar refractivity (Wildman–Crippen MR) is 94.4 cm³/mol. The molecule has 0 aliphatic rings. The lowest BCUT2D eigenvalue weighted by molar-refractivity contribution is 0.545. The van der Waals surface area contributed by atoms with E-state index in [0.29, 0.717) is 0 Å². The lowest BCUT2D eigenvalue weighted by Gasteiger charge is -2.22. The van der Waals surface area contributed by atoms with Crippen LogP contribution in [0, 0.1) is 0 Å². The van der Waals surface area contributed by atoms with Gasteiger partial charge in [-0.25, -0.2) is 9.97 Å². The summed E-state index contributed by atoms with van der Waals surface area (Å²) in [5, 5.41) is 5.22. The van der Waals surface area contributed by atoms with Gasteiger partial charge in [-0.05, 0) is 22.0 Å². The molecule has 0 saturated carbocycles. The van der Waals surface area contributed by atoms with Gasteiger partial charge in [-0.3, -0.25) is 0 Å². The molecule has 0 atom stereocenters. The molecule has 2 aromatic heterocycles. The fourth-order valence-electron chi connectivity index (χ4n) is 1.84. The molecule has 0 spiro atoms. The van der Waals surface area contributed by atoms with Crippen molar-refractivity contribution in [3.05, 3.63) is 32.7 Å². The summed E-state index contributed by atoms with van der Waals surface area (Å²) in [6.45, 7) is 7.21. The zero-order valence-electron chi connectivity index (χ0n) is 13.1. The van der Waals surface area contributed by atoms with Crippen molar-refractivity contribution < 1.29 is 0 Å². The van der Waals surface area contributed by atoms with Gasteiger partial charge >= 0.3 is 0 Å². The average Bonchev–Trinajstić information content (AvgIpc) is 2.82. The van der Waals surface area contributed by atoms with Gasteiger partial charge in [0.2, 0.25) is 0 Å². The number of rotatable bonds is 4. The van der Waals surface area contributed by atoms with E-state index in [1.54, 1.807) is 11.3 Å². The van der Waals surface area contributed by atoms with Crippen molar-refractivity contribution >= 4 is 38.9 Å². The minimum Gasteiger partial charge on any atom is -0.373 e. The van der Waals surface area contributed by atoms with Crippen molar-refractivity contribution in [3.8, 4) is 0 Å². The second-order valence-corrected chi connectivity index (χ2v) is 7.93. The van der Waals surface area contributed by atoms with E-state index in [2.05, 4.69) is 70.4 Å². The minimum atomic E-state index is -0.0750. The highest BCUT2D eigenvalue weighted by Gasteiger charge is 2.20. The average molecular weight is 369 g/mol. The Morgan fingerprint density at radius 1 is 1.29 bits per heavy atom. The molecule has 0 fully saturated rings. The molecule has 4 nitrogen and oxygen atoms in total. The Balaban J connectivity index is 2.29. The highest BCUT2D eigenvalue weighted by Crippen LogP contribution is 2.26. The molecule has 114 valence electrons. The van der Waals surface area contributed by atoms with Gasteiger partial charge in [0.15, 0.2) is 0 Å². The van der Waals surface area contributed by atoms with Gasteiger partial charge in [0.25, 0.3) is 0 Å². The predicted octanol–water partition coefficient (Wildman–Crippen LogP) is 4.28. The first-order chi connectivity index (χ1) is 9.79. The van der Waals surface area contributed by atoms with Crippen LogP contribution in [-0.2, 0) is 12.0 Å². The lowest BCUT2D eigenvalue weighted by Crippen LogP contribution is -2.22. The summed E-state index contributed by atoms with van der Waals surface area (Å²) in [6, 6.07) is 4.13. The summed E-state index contributed by atoms with van der Waals surface area (Å²) in [7, 11) is 3.94. The SMILES string of the molecule is CNc1cc(N(C)Cc2cc(Br)cs2)nc(C(C)(C)C)n1. The quantitative estimate of drug-likeness (QED) is 0.874. The lowest BCUT2D eigenvalue weighted by atomic mass is 9.96. The Bertz CT molecular complexity index is 618. The Morgan fingerprint density at radius 3 is 2.52 bits per heavy atom. The van der Waals surface area contributed by atoms with E-state index in [1.807, 2.05) is 13.1 Å². The molecule has 2 aromatic rings. The number of nitrogens with one attached hydrogen (secondary N) is 1. The summed E-state index contributed by atoms with van der Waals surface area (Å²) in [5.74, 6) is 2.64. The third kappa shape index (κ3) is 4.17. The Morgan fingerprint density at radius 2 is 2.00 bits per heavy atom. The van der Waals surface area contributed by atoms with Crippen LogP contribution in [0.4, 0.5) is 11.6 Å². The molecule has 0 saturated heterocycles. The summed E-state index contributed by atoms with van der Waals surface area (Å²) >= 11 is 5.24. The van der Waals surface area contributed by atoms with E-state index in [9.17, 15) is 0 Å². The van der Waals surface area contributed by atoms with Crippen LogP contribution in [0.3, 0.4) is 0 Å². The molecule has 6 heteroatoms. The summed E-state index contributed by atoms with van der Waals surface area (Å²) < 4.78 is 1.13. The number of nitrogens with zero attached hydrogens (tertiary/aromatic N) is 3. The monoisotopic (exact) mass is 368 g/mol. The molecule has 0 aliphatic carbocycles. The third-order valence-corrected chi connectivity index (χ3v) is 4.73. The fraction of sp³-hybridized carbons (Fsp3) is 0.467. The Hall–Kier alpha value is -1.14. The van der Waals surface area contributed by atoms with Crippen molar-refractivity contribution in [2.75, 3.05) is 24.3 Å². The molecule has 1 N–H and O–H groups in total. The molecular weight excluding hydrogens is 348 g/mol. The molecule has 2 rings (SSSR count). The number of hydrogen-bond acceptors (Lipinski definition) is 5. The summed E-state index contributed by atoms with van der Waals surface area (Å²) in [5.41, 5.74) is -0.0750. The standard InChI is InChI=1S/C15H21BrN4S/c1-15(2,3)14-18-12(17-4)7-13(19-14)20(5)8-11-6-10(16)9-21-11/h6-7,9H,8H2,1-5H3,(H,17,18,19). The van der Waals surface area contributed by atoms with Crippen LogP contribution >= 0.6 is 27.3 Å². The van der Waals surface area contributed by atoms with Crippen molar-refractivity contribution in [2.24, 2.45) is 0 Å². The second-order valence-electron chi connectivity index (χ2n) is 6.02. The van der Waals surface area contributed by atoms with Crippen LogP contribution in [0.15, 0.2) is 22.0 Å². The van der Waals surface area contributed by atoms with Gasteiger partial charge in [-0.15, -0.1) is 11.3 Å². The smallest absolute Gasteiger partial charge is 0.138 e. The zero-order valence-corrected chi connectivity index (χ0v) is 15.5. The summed E-state index contributed by atoms with van der Waals surface area (Å²) in [6.07, 6.45) is 0. The fourth-order valence-corrected chi connectivity index (χ4v) is 3.35. The first-order valence-corrected chi connectivity index (χ1v) is 8.48. The Labute approximate surface area is 138 Å². The van der Waals surface area contributed by atoms with Gasteiger partial charge < -0.3 is 10.2 Å². The molecule has 0 radical (unpaired) electrons. The number of hydrogen-bond donors (Lipinski definition) is 1. The minimum absolute atomic E-state index is 0.0750. The van der Waals surface area contributed by atoms with Crippen LogP contribution in [0.1, 0.15) is 31.5 Å². The van der Waals surface area contributed by atoms with Gasteiger partial charge in [0.05, 0.1) is 6.54 Å². The van der Waals surface area contributed by atoms with E-state index in [0.717, 1.165) is 28.5 Å². The van der Waals surface area contributed by atoms with Crippen molar-refractivity contribution in [1.82, 2.24) is 9.97 Å². The van der Waals surface area contributed by atoms with Crippen molar-refractivity contribution in [3.63, 3.8) is 0 Å². The van der Waals surface area contributed by atoms with Gasteiger partial charge in [0.1, 0.15) is 17.5 Å². The molecule has 2 heterocycles. The van der Waals surface area contributed by atoms with Gasteiger partial charge in [-0.1, -0.05) is 20.8 Å². The molecule has 0 aliphatic heterocycles. The Kier molecular flexibility index (Phi) is 4.88. The van der Waals surface area contributed by atoms with E-state index in [4.69, 9.17) is 4.98 Å².